The van der Waals surface area contributed by atoms with Crippen molar-refractivity contribution in [2.24, 2.45) is 5.92 Å². The Morgan fingerprint density at radius 3 is 2.50 bits per heavy atom. The maximum atomic E-state index is 5.34. The lowest BCUT2D eigenvalue weighted by atomic mass is 10.0. The van der Waals surface area contributed by atoms with Gasteiger partial charge in [0.15, 0.2) is 11.8 Å². The number of methoxy groups -OCH3 is 1. The van der Waals surface area contributed by atoms with Gasteiger partial charge in [-0.15, -0.1) is 0 Å². The Hall–Kier alpha value is -1.13. The third-order valence-corrected chi connectivity index (χ3v) is 3.02. The van der Waals surface area contributed by atoms with E-state index in [2.05, 4.69) is 6.92 Å². The second kappa shape index (κ2) is 8.06. The summed E-state index contributed by atoms with van der Waals surface area (Å²) in [6.45, 7) is 4.92. The van der Waals surface area contributed by atoms with Crippen LogP contribution in [0.15, 0.2) is 24.3 Å². The minimum atomic E-state index is 0.241. The molecular weight excluding hydrogens is 248 g/mol. The van der Waals surface area contributed by atoms with Crippen molar-refractivity contribution in [3.8, 4) is 5.75 Å². The van der Waals surface area contributed by atoms with E-state index in [1.807, 2.05) is 31.2 Å². The molecular formula is C14H20O3S. The number of hydrogen-bond donors (Lipinski definition) is 0. The predicted molar refractivity (Wildman–Crippen MR) is 76.0 cm³/mol. The molecule has 100 valence electrons. The van der Waals surface area contributed by atoms with Crippen LogP contribution in [-0.2, 0) is 15.9 Å². The minimum Gasteiger partial charge on any atom is -0.487 e. The third kappa shape index (κ3) is 5.02. The molecule has 0 bridgehead atoms. The molecule has 4 heteroatoms. The Labute approximate surface area is 114 Å². The van der Waals surface area contributed by atoms with E-state index >= 15 is 0 Å². The maximum Gasteiger partial charge on any atom is 0.188 e. The van der Waals surface area contributed by atoms with Crippen LogP contribution in [0, 0.1) is 5.92 Å². The second-order valence-electron chi connectivity index (χ2n) is 4.05. The van der Waals surface area contributed by atoms with Gasteiger partial charge in [0.25, 0.3) is 0 Å². The Morgan fingerprint density at radius 1 is 1.28 bits per heavy atom. The van der Waals surface area contributed by atoms with E-state index in [1.54, 1.807) is 7.11 Å². The highest BCUT2D eigenvalue weighted by atomic mass is 32.1. The number of rotatable bonds is 7. The van der Waals surface area contributed by atoms with Crippen LogP contribution < -0.4 is 4.74 Å². The largest absolute Gasteiger partial charge is 0.487 e. The molecule has 0 saturated heterocycles. The first kappa shape index (κ1) is 14.9. The van der Waals surface area contributed by atoms with Crippen LogP contribution in [-0.4, -0.2) is 25.6 Å². The van der Waals surface area contributed by atoms with E-state index in [-0.39, 0.29) is 12.7 Å². The van der Waals surface area contributed by atoms with Gasteiger partial charge in [0.1, 0.15) is 5.75 Å². The highest BCUT2D eigenvalue weighted by Crippen LogP contribution is 2.16. The molecule has 1 unspecified atom stereocenters. The van der Waals surface area contributed by atoms with Crippen molar-refractivity contribution in [3.63, 3.8) is 0 Å². The normalized spacial score (nSPS) is 11.9. The summed E-state index contributed by atoms with van der Waals surface area (Å²) in [4.78, 5) is 0. The molecule has 0 saturated carbocycles. The molecule has 0 aliphatic heterocycles. The highest BCUT2D eigenvalue weighted by Gasteiger charge is 2.10. The van der Waals surface area contributed by atoms with Gasteiger partial charge in [0.05, 0.1) is 6.61 Å². The maximum absolute atomic E-state index is 5.34. The van der Waals surface area contributed by atoms with Gasteiger partial charge in [0.2, 0.25) is 0 Å². The number of thiocarbonyl (C=S) groups is 1. The smallest absolute Gasteiger partial charge is 0.188 e. The molecule has 1 atom stereocenters. The van der Waals surface area contributed by atoms with Crippen LogP contribution in [0.3, 0.4) is 0 Å². The van der Waals surface area contributed by atoms with Crippen LogP contribution in [0.4, 0.5) is 0 Å². The Bertz CT molecular complexity index is 362. The zero-order chi connectivity index (χ0) is 13.4. The average Bonchev–Trinajstić information content (AvgIpc) is 2.38. The molecule has 0 fully saturated rings. The quantitative estimate of drug-likeness (QED) is 0.560. The molecule has 0 amide bonds. The standard InChI is InChI=1S/C14H20O3S/c1-4-16-14(18)11(2)9-12-5-7-13(8-6-12)17-10-15-3/h5-8,11H,4,9-10H2,1-3H3. The summed E-state index contributed by atoms with van der Waals surface area (Å²) in [6.07, 6.45) is 0.878. The Morgan fingerprint density at radius 2 is 1.94 bits per heavy atom. The lowest BCUT2D eigenvalue weighted by Gasteiger charge is -2.13. The first-order valence-electron chi connectivity index (χ1n) is 6.04. The molecule has 1 aromatic rings. The summed E-state index contributed by atoms with van der Waals surface area (Å²) in [5.41, 5.74) is 1.22. The van der Waals surface area contributed by atoms with Crippen LogP contribution in [0.1, 0.15) is 19.4 Å². The lowest BCUT2D eigenvalue weighted by molar-refractivity contribution is 0.0511. The minimum absolute atomic E-state index is 0.241. The van der Waals surface area contributed by atoms with Gasteiger partial charge in [0, 0.05) is 13.0 Å². The Balaban J connectivity index is 2.50. The summed E-state index contributed by atoms with van der Waals surface area (Å²) in [5.74, 6) is 1.05. The summed E-state index contributed by atoms with van der Waals surface area (Å²) in [7, 11) is 1.60. The van der Waals surface area contributed by atoms with Crippen LogP contribution >= 0.6 is 12.2 Å². The van der Waals surface area contributed by atoms with Crippen molar-refractivity contribution in [2.45, 2.75) is 20.3 Å². The topological polar surface area (TPSA) is 27.7 Å². The van der Waals surface area contributed by atoms with Gasteiger partial charge >= 0.3 is 0 Å². The number of ether oxygens (including phenoxy) is 3. The molecule has 0 heterocycles. The van der Waals surface area contributed by atoms with E-state index in [4.69, 9.17) is 26.4 Å². The van der Waals surface area contributed by atoms with E-state index in [0.29, 0.717) is 11.7 Å². The zero-order valence-electron chi connectivity index (χ0n) is 11.1. The van der Waals surface area contributed by atoms with E-state index in [0.717, 1.165) is 12.2 Å². The number of benzene rings is 1. The van der Waals surface area contributed by atoms with Crippen molar-refractivity contribution >= 4 is 17.3 Å². The monoisotopic (exact) mass is 268 g/mol. The molecule has 0 aliphatic rings. The molecule has 1 rings (SSSR count). The van der Waals surface area contributed by atoms with Crippen molar-refractivity contribution in [1.29, 1.82) is 0 Å². The van der Waals surface area contributed by atoms with Gasteiger partial charge < -0.3 is 14.2 Å². The van der Waals surface area contributed by atoms with E-state index in [9.17, 15) is 0 Å². The van der Waals surface area contributed by atoms with Gasteiger partial charge in [-0.2, -0.15) is 0 Å². The lowest BCUT2D eigenvalue weighted by Crippen LogP contribution is -2.14. The molecule has 0 N–H and O–H groups in total. The third-order valence-electron chi connectivity index (χ3n) is 2.50. The fraction of sp³-hybridized carbons (Fsp3) is 0.500. The summed E-state index contributed by atoms with van der Waals surface area (Å²) in [5, 5.41) is 0.678. The predicted octanol–water partition coefficient (Wildman–Crippen LogP) is 3.21. The van der Waals surface area contributed by atoms with Crippen LogP contribution in [0.5, 0.6) is 5.75 Å². The van der Waals surface area contributed by atoms with E-state index < -0.39 is 0 Å². The number of hydrogen-bond acceptors (Lipinski definition) is 4. The van der Waals surface area contributed by atoms with Crippen molar-refractivity contribution < 1.29 is 14.2 Å². The zero-order valence-corrected chi connectivity index (χ0v) is 12.0. The molecule has 0 aromatic heterocycles. The fourth-order valence-corrected chi connectivity index (χ4v) is 1.77. The molecule has 3 nitrogen and oxygen atoms in total. The van der Waals surface area contributed by atoms with E-state index in [1.165, 1.54) is 5.56 Å². The Kier molecular flexibility index (Phi) is 6.68. The first-order chi connectivity index (χ1) is 8.67. The van der Waals surface area contributed by atoms with Gasteiger partial charge in [-0.05, 0) is 43.3 Å². The van der Waals surface area contributed by atoms with Gasteiger partial charge in [-0.3, -0.25) is 0 Å². The SMILES string of the molecule is CCOC(=S)C(C)Cc1ccc(OCOC)cc1. The first-order valence-corrected chi connectivity index (χ1v) is 6.45. The van der Waals surface area contributed by atoms with Crippen molar-refractivity contribution in [2.75, 3.05) is 20.5 Å². The van der Waals surface area contributed by atoms with Crippen molar-refractivity contribution in [3.05, 3.63) is 29.8 Å². The fourth-order valence-electron chi connectivity index (χ4n) is 1.57. The van der Waals surface area contributed by atoms with Crippen LogP contribution in [0.2, 0.25) is 0 Å². The molecule has 18 heavy (non-hydrogen) atoms. The molecule has 0 radical (unpaired) electrons. The highest BCUT2D eigenvalue weighted by molar-refractivity contribution is 7.80. The second-order valence-corrected chi connectivity index (χ2v) is 4.45. The molecule has 0 spiro atoms. The summed E-state index contributed by atoms with van der Waals surface area (Å²) in [6, 6.07) is 7.95. The average molecular weight is 268 g/mol. The molecule has 1 aromatic carbocycles. The summed E-state index contributed by atoms with van der Waals surface area (Å²) < 4.78 is 15.5. The molecule has 0 aliphatic carbocycles. The van der Waals surface area contributed by atoms with Gasteiger partial charge in [-0.25, -0.2) is 0 Å². The van der Waals surface area contributed by atoms with Crippen molar-refractivity contribution in [1.82, 2.24) is 0 Å². The van der Waals surface area contributed by atoms with Gasteiger partial charge in [-0.1, -0.05) is 19.1 Å². The summed E-state index contributed by atoms with van der Waals surface area (Å²) >= 11 is 5.19. The van der Waals surface area contributed by atoms with Crippen LogP contribution in [0.25, 0.3) is 0 Å².